The molecule has 1 aliphatic heterocycles. The highest BCUT2D eigenvalue weighted by atomic mass is 35.5. The van der Waals surface area contributed by atoms with Crippen LogP contribution in [0.1, 0.15) is 25.8 Å². The first-order valence-electron chi connectivity index (χ1n) is 6.67. The highest BCUT2D eigenvalue weighted by molar-refractivity contribution is 6.18. The number of hydrogen-bond donors (Lipinski definition) is 1. The SMILES string of the molecule is CC1CC(O)C(CCl)C(C)N1Cc1ccccc1. The van der Waals surface area contributed by atoms with Crippen molar-refractivity contribution in [3.8, 4) is 0 Å². The van der Waals surface area contributed by atoms with E-state index in [1.54, 1.807) is 0 Å². The molecule has 1 aromatic carbocycles. The van der Waals surface area contributed by atoms with Gasteiger partial charge in [0.25, 0.3) is 0 Å². The molecule has 0 spiro atoms. The van der Waals surface area contributed by atoms with E-state index in [9.17, 15) is 5.11 Å². The molecule has 1 heterocycles. The van der Waals surface area contributed by atoms with Gasteiger partial charge < -0.3 is 5.11 Å². The van der Waals surface area contributed by atoms with Crippen molar-refractivity contribution in [1.29, 1.82) is 0 Å². The summed E-state index contributed by atoms with van der Waals surface area (Å²) in [7, 11) is 0. The largest absolute Gasteiger partial charge is 0.393 e. The lowest BCUT2D eigenvalue weighted by molar-refractivity contribution is -0.0339. The lowest BCUT2D eigenvalue weighted by atomic mass is 9.85. The molecule has 4 atom stereocenters. The summed E-state index contributed by atoms with van der Waals surface area (Å²) in [5.41, 5.74) is 1.32. The summed E-state index contributed by atoms with van der Waals surface area (Å²) in [5, 5.41) is 10.1. The van der Waals surface area contributed by atoms with Crippen molar-refractivity contribution in [3.63, 3.8) is 0 Å². The van der Waals surface area contributed by atoms with Gasteiger partial charge >= 0.3 is 0 Å². The van der Waals surface area contributed by atoms with Crippen LogP contribution in [0, 0.1) is 5.92 Å². The van der Waals surface area contributed by atoms with Crippen molar-refractivity contribution in [2.24, 2.45) is 5.92 Å². The van der Waals surface area contributed by atoms with E-state index < -0.39 is 0 Å². The van der Waals surface area contributed by atoms with E-state index in [-0.39, 0.29) is 12.0 Å². The molecule has 1 aromatic rings. The Bertz CT molecular complexity index is 370. The zero-order chi connectivity index (χ0) is 13.1. The van der Waals surface area contributed by atoms with E-state index in [1.165, 1.54) is 5.56 Å². The Kier molecular flexibility index (Phi) is 4.66. The summed E-state index contributed by atoms with van der Waals surface area (Å²) < 4.78 is 0. The zero-order valence-electron chi connectivity index (χ0n) is 11.1. The summed E-state index contributed by atoms with van der Waals surface area (Å²) in [5.74, 6) is 0.701. The molecule has 100 valence electrons. The summed E-state index contributed by atoms with van der Waals surface area (Å²) in [6.07, 6.45) is 0.550. The first-order valence-corrected chi connectivity index (χ1v) is 7.20. The third-order valence-electron chi connectivity index (χ3n) is 4.17. The summed E-state index contributed by atoms with van der Waals surface area (Å²) in [4.78, 5) is 2.45. The van der Waals surface area contributed by atoms with Crippen molar-refractivity contribution in [2.75, 3.05) is 5.88 Å². The minimum Gasteiger partial charge on any atom is -0.393 e. The number of aliphatic hydroxyl groups is 1. The number of halogens is 1. The van der Waals surface area contributed by atoms with E-state index in [0.717, 1.165) is 13.0 Å². The van der Waals surface area contributed by atoms with E-state index in [4.69, 9.17) is 11.6 Å². The molecule has 0 saturated carbocycles. The fraction of sp³-hybridized carbons (Fsp3) is 0.600. The molecule has 2 nitrogen and oxygen atoms in total. The second kappa shape index (κ2) is 6.05. The van der Waals surface area contributed by atoms with E-state index >= 15 is 0 Å². The summed E-state index contributed by atoms with van der Waals surface area (Å²) in [6.45, 7) is 5.30. The Hall–Kier alpha value is -0.570. The Morgan fingerprint density at radius 2 is 1.94 bits per heavy atom. The average Bonchev–Trinajstić information content (AvgIpc) is 2.36. The Morgan fingerprint density at radius 3 is 2.56 bits per heavy atom. The van der Waals surface area contributed by atoms with Gasteiger partial charge in [-0.1, -0.05) is 30.3 Å². The van der Waals surface area contributed by atoms with Gasteiger partial charge in [-0.15, -0.1) is 11.6 Å². The number of alkyl halides is 1. The number of piperidine rings is 1. The van der Waals surface area contributed by atoms with Gasteiger partial charge in [-0.2, -0.15) is 0 Å². The van der Waals surface area contributed by atoms with Gasteiger partial charge in [0.15, 0.2) is 0 Å². The normalized spacial score (nSPS) is 33.6. The molecule has 1 aliphatic rings. The monoisotopic (exact) mass is 267 g/mol. The standard InChI is InChI=1S/C15H22ClNO/c1-11-8-15(18)14(9-16)12(2)17(11)10-13-6-4-3-5-7-13/h3-7,11-12,14-15,18H,8-10H2,1-2H3. The van der Waals surface area contributed by atoms with Crippen LogP contribution in [-0.2, 0) is 6.54 Å². The lowest BCUT2D eigenvalue weighted by Crippen LogP contribution is -2.54. The maximum Gasteiger partial charge on any atom is 0.0609 e. The lowest BCUT2D eigenvalue weighted by Gasteiger charge is -2.45. The highest BCUT2D eigenvalue weighted by Crippen LogP contribution is 2.30. The predicted molar refractivity (Wildman–Crippen MR) is 75.7 cm³/mol. The fourth-order valence-corrected chi connectivity index (χ4v) is 3.42. The first kappa shape index (κ1) is 13.9. The Labute approximate surface area is 115 Å². The van der Waals surface area contributed by atoms with Crippen LogP contribution < -0.4 is 0 Å². The molecule has 0 radical (unpaired) electrons. The van der Waals surface area contributed by atoms with Crippen LogP contribution >= 0.6 is 11.6 Å². The summed E-state index contributed by atoms with van der Waals surface area (Å²) >= 11 is 6.00. The molecule has 1 fully saturated rings. The van der Waals surface area contributed by atoms with Crippen LogP contribution in [0.4, 0.5) is 0 Å². The van der Waals surface area contributed by atoms with Crippen LogP contribution in [0.15, 0.2) is 30.3 Å². The first-order chi connectivity index (χ1) is 8.63. The van der Waals surface area contributed by atoms with Crippen molar-refractivity contribution in [1.82, 2.24) is 4.90 Å². The topological polar surface area (TPSA) is 23.5 Å². The number of aliphatic hydroxyl groups excluding tert-OH is 1. The predicted octanol–water partition coefficient (Wildman–Crippen LogP) is 2.89. The fourth-order valence-electron chi connectivity index (χ4n) is 2.95. The molecule has 0 aromatic heterocycles. The van der Waals surface area contributed by atoms with Gasteiger partial charge in [-0.25, -0.2) is 0 Å². The molecule has 1 N–H and O–H groups in total. The van der Waals surface area contributed by atoms with Crippen molar-refractivity contribution in [2.45, 2.75) is 45.0 Å². The second-order valence-corrected chi connectivity index (χ2v) is 5.68. The highest BCUT2D eigenvalue weighted by Gasteiger charge is 2.37. The third kappa shape index (κ3) is 2.87. The Morgan fingerprint density at radius 1 is 1.28 bits per heavy atom. The number of benzene rings is 1. The van der Waals surface area contributed by atoms with E-state index in [2.05, 4.69) is 43.0 Å². The molecule has 0 amide bonds. The van der Waals surface area contributed by atoms with Crippen LogP contribution in [0.5, 0.6) is 0 Å². The van der Waals surface area contributed by atoms with Crippen molar-refractivity contribution < 1.29 is 5.11 Å². The molecule has 0 aliphatic carbocycles. The van der Waals surface area contributed by atoms with Gasteiger partial charge in [-0.05, 0) is 25.8 Å². The smallest absolute Gasteiger partial charge is 0.0609 e. The quantitative estimate of drug-likeness (QED) is 0.852. The second-order valence-electron chi connectivity index (χ2n) is 5.37. The Balaban J connectivity index is 2.11. The van der Waals surface area contributed by atoms with E-state index in [1.807, 2.05) is 6.07 Å². The number of nitrogens with zero attached hydrogens (tertiary/aromatic N) is 1. The van der Waals surface area contributed by atoms with Gasteiger partial charge in [-0.3, -0.25) is 4.90 Å². The van der Waals surface area contributed by atoms with Gasteiger partial charge in [0.05, 0.1) is 6.10 Å². The molecule has 3 heteroatoms. The van der Waals surface area contributed by atoms with Crippen molar-refractivity contribution in [3.05, 3.63) is 35.9 Å². The molecule has 0 bridgehead atoms. The van der Waals surface area contributed by atoms with Crippen LogP contribution in [0.2, 0.25) is 0 Å². The molecule has 2 rings (SSSR count). The minimum atomic E-state index is -0.264. The maximum atomic E-state index is 10.1. The molecular weight excluding hydrogens is 246 g/mol. The molecule has 18 heavy (non-hydrogen) atoms. The van der Waals surface area contributed by atoms with Crippen LogP contribution in [0.25, 0.3) is 0 Å². The molecule has 1 saturated heterocycles. The van der Waals surface area contributed by atoms with Gasteiger partial charge in [0.2, 0.25) is 0 Å². The van der Waals surface area contributed by atoms with Crippen LogP contribution in [0.3, 0.4) is 0 Å². The summed E-state index contributed by atoms with van der Waals surface area (Å²) in [6, 6.07) is 11.2. The zero-order valence-corrected chi connectivity index (χ0v) is 11.8. The molecular formula is C15H22ClNO. The van der Waals surface area contributed by atoms with Crippen LogP contribution in [-0.4, -0.2) is 34.1 Å². The van der Waals surface area contributed by atoms with Crippen molar-refractivity contribution >= 4 is 11.6 Å². The number of likely N-dealkylation sites (tertiary alicyclic amines) is 1. The number of hydrogen-bond acceptors (Lipinski definition) is 2. The van der Waals surface area contributed by atoms with E-state index in [0.29, 0.717) is 18.0 Å². The average molecular weight is 268 g/mol. The van der Waals surface area contributed by atoms with Gasteiger partial charge in [0.1, 0.15) is 0 Å². The maximum absolute atomic E-state index is 10.1. The number of rotatable bonds is 3. The molecule has 4 unspecified atom stereocenters. The minimum absolute atomic E-state index is 0.173. The van der Waals surface area contributed by atoms with Gasteiger partial charge in [0, 0.05) is 30.4 Å². The third-order valence-corrected chi connectivity index (χ3v) is 4.53.